The molecule has 7 heteroatoms. The summed E-state index contributed by atoms with van der Waals surface area (Å²) >= 11 is 4.45. The van der Waals surface area contributed by atoms with Crippen molar-refractivity contribution in [1.29, 1.82) is 0 Å². The van der Waals surface area contributed by atoms with Crippen molar-refractivity contribution in [2.75, 3.05) is 20.3 Å². The Morgan fingerprint density at radius 3 is 2.57 bits per heavy atom. The molecule has 0 atom stereocenters. The molecule has 0 aromatic heterocycles. The summed E-state index contributed by atoms with van der Waals surface area (Å²) in [5.74, 6) is 0.912. The first-order valence-corrected chi connectivity index (χ1v) is 10.4. The summed E-state index contributed by atoms with van der Waals surface area (Å²) in [6, 6.07) is 13.4. The van der Waals surface area contributed by atoms with Gasteiger partial charge >= 0.3 is 0 Å². The van der Waals surface area contributed by atoms with E-state index in [2.05, 4.69) is 15.9 Å². The van der Waals surface area contributed by atoms with E-state index in [9.17, 15) is 9.59 Å². The Balaban J connectivity index is 1.79. The van der Waals surface area contributed by atoms with E-state index < -0.39 is 0 Å². The quantitative estimate of drug-likeness (QED) is 0.534. The molecule has 0 bridgehead atoms. The normalized spacial score (nSPS) is 15.4. The Morgan fingerprint density at radius 1 is 1.14 bits per heavy atom. The summed E-state index contributed by atoms with van der Waals surface area (Å²) in [6.45, 7) is 2.77. The van der Waals surface area contributed by atoms with Crippen LogP contribution in [0.15, 0.2) is 51.8 Å². The van der Waals surface area contributed by atoms with E-state index in [4.69, 9.17) is 9.47 Å². The molecule has 28 heavy (non-hydrogen) atoms. The third kappa shape index (κ3) is 4.59. The van der Waals surface area contributed by atoms with Crippen LogP contribution in [0.1, 0.15) is 18.1 Å². The maximum atomic E-state index is 12.7. The van der Waals surface area contributed by atoms with Gasteiger partial charge in [0.05, 0.1) is 18.6 Å². The smallest absolute Gasteiger partial charge is 0.293 e. The number of nitrogens with zero attached hydrogens (tertiary/aromatic N) is 1. The van der Waals surface area contributed by atoms with Crippen LogP contribution >= 0.6 is 27.7 Å². The lowest BCUT2D eigenvalue weighted by Gasteiger charge is -2.12. The Labute approximate surface area is 176 Å². The second-order valence-electron chi connectivity index (χ2n) is 6.03. The summed E-state index contributed by atoms with van der Waals surface area (Å²) in [5.41, 5.74) is 1.83. The molecule has 0 N–H and O–H groups in total. The van der Waals surface area contributed by atoms with Crippen molar-refractivity contribution < 1.29 is 19.1 Å². The fourth-order valence-corrected chi connectivity index (χ4v) is 4.10. The van der Waals surface area contributed by atoms with Gasteiger partial charge in [-0.15, -0.1) is 0 Å². The standard InChI is InChI=1S/C21H20BrNO4S/c1-3-27-18-13-16(22)15(11-17(18)26-2)12-19-20(24)23(21(25)28-19)10-9-14-7-5-4-6-8-14/h4-8,11-13H,3,9-10H2,1-2H3/b19-12-. The predicted molar refractivity (Wildman–Crippen MR) is 115 cm³/mol. The number of rotatable bonds is 7. The van der Waals surface area contributed by atoms with Crippen molar-refractivity contribution in [2.24, 2.45) is 0 Å². The Hall–Kier alpha value is -2.25. The van der Waals surface area contributed by atoms with Gasteiger partial charge in [-0.2, -0.15) is 0 Å². The van der Waals surface area contributed by atoms with Crippen molar-refractivity contribution in [3.8, 4) is 11.5 Å². The Bertz CT molecular complexity index is 914. The van der Waals surface area contributed by atoms with Gasteiger partial charge in [0.15, 0.2) is 11.5 Å². The predicted octanol–water partition coefficient (Wildman–Crippen LogP) is 5.14. The molecule has 5 nitrogen and oxygen atoms in total. The number of benzene rings is 2. The number of ether oxygens (including phenoxy) is 2. The highest BCUT2D eigenvalue weighted by Gasteiger charge is 2.34. The van der Waals surface area contributed by atoms with Crippen LogP contribution in [0.25, 0.3) is 6.08 Å². The van der Waals surface area contributed by atoms with Gasteiger partial charge in [-0.1, -0.05) is 46.3 Å². The van der Waals surface area contributed by atoms with Crippen LogP contribution in [-0.4, -0.2) is 36.3 Å². The molecule has 2 amide bonds. The van der Waals surface area contributed by atoms with Crippen molar-refractivity contribution in [3.05, 3.63) is 63.0 Å². The largest absolute Gasteiger partial charge is 0.493 e. The highest BCUT2D eigenvalue weighted by atomic mass is 79.9. The zero-order valence-corrected chi connectivity index (χ0v) is 18.0. The molecule has 2 aromatic rings. The molecule has 2 aromatic carbocycles. The van der Waals surface area contributed by atoms with Gasteiger partial charge in [0, 0.05) is 11.0 Å². The number of carbonyl (C=O) groups is 2. The summed E-state index contributed by atoms with van der Waals surface area (Å²) in [4.78, 5) is 26.7. The average Bonchev–Trinajstić information content (AvgIpc) is 2.96. The first kappa shape index (κ1) is 20.5. The molecule has 0 spiro atoms. The number of imide groups is 1. The number of halogens is 1. The molecule has 3 rings (SSSR count). The van der Waals surface area contributed by atoms with E-state index in [0.29, 0.717) is 36.0 Å². The highest BCUT2D eigenvalue weighted by Crippen LogP contribution is 2.38. The molecular formula is C21H20BrNO4S. The third-order valence-corrected chi connectivity index (χ3v) is 5.80. The van der Waals surface area contributed by atoms with Crippen LogP contribution < -0.4 is 9.47 Å². The summed E-state index contributed by atoms with van der Waals surface area (Å²) in [6.07, 6.45) is 2.34. The minimum atomic E-state index is -0.273. The zero-order chi connectivity index (χ0) is 20.1. The van der Waals surface area contributed by atoms with Gasteiger partial charge in [0.25, 0.3) is 11.1 Å². The van der Waals surface area contributed by atoms with Crippen LogP contribution in [0.5, 0.6) is 11.5 Å². The number of hydrogen-bond acceptors (Lipinski definition) is 5. The van der Waals surface area contributed by atoms with Crippen LogP contribution in [0.4, 0.5) is 4.79 Å². The first-order chi connectivity index (χ1) is 13.5. The molecule has 1 saturated heterocycles. The van der Waals surface area contributed by atoms with E-state index in [1.807, 2.05) is 37.3 Å². The Kier molecular flexibility index (Phi) is 6.80. The van der Waals surface area contributed by atoms with Crippen molar-refractivity contribution in [3.63, 3.8) is 0 Å². The molecule has 1 aliphatic heterocycles. The van der Waals surface area contributed by atoms with Gasteiger partial charge < -0.3 is 9.47 Å². The third-order valence-electron chi connectivity index (χ3n) is 4.21. The second-order valence-corrected chi connectivity index (χ2v) is 7.87. The second kappa shape index (κ2) is 9.30. The van der Waals surface area contributed by atoms with Crippen molar-refractivity contribution in [2.45, 2.75) is 13.3 Å². The summed E-state index contributed by atoms with van der Waals surface area (Å²) in [7, 11) is 1.56. The van der Waals surface area contributed by atoms with Gasteiger partial charge in [-0.25, -0.2) is 0 Å². The molecule has 1 fully saturated rings. The van der Waals surface area contributed by atoms with Crippen LogP contribution in [0.3, 0.4) is 0 Å². The zero-order valence-electron chi connectivity index (χ0n) is 15.6. The lowest BCUT2D eigenvalue weighted by Crippen LogP contribution is -2.30. The molecule has 1 heterocycles. The summed E-state index contributed by atoms with van der Waals surface area (Å²) in [5, 5.41) is -0.249. The van der Waals surface area contributed by atoms with Crippen LogP contribution in [0.2, 0.25) is 0 Å². The molecule has 0 aliphatic carbocycles. The van der Waals surface area contributed by atoms with Crippen molar-refractivity contribution >= 4 is 44.9 Å². The van der Waals surface area contributed by atoms with E-state index in [1.54, 1.807) is 25.3 Å². The van der Waals surface area contributed by atoms with Crippen LogP contribution in [0, 0.1) is 0 Å². The first-order valence-electron chi connectivity index (χ1n) is 8.83. The molecule has 0 saturated carbocycles. The number of hydrogen-bond donors (Lipinski definition) is 0. The molecule has 0 unspecified atom stereocenters. The van der Waals surface area contributed by atoms with E-state index in [-0.39, 0.29) is 11.1 Å². The maximum Gasteiger partial charge on any atom is 0.293 e. The minimum absolute atomic E-state index is 0.249. The summed E-state index contributed by atoms with van der Waals surface area (Å²) < 4.78 is 11.7. The number of methoxy groups -OCH3 is 1. The SMILES string of the molecule is CCOc1cc(Br)c(/C=C2\SC(=O)N(CCc3ccccc3)C2=O)cc1OC. The fraction of sp³-hybridized carbons (Fsp3) is 0.238. The Morgan fingerprint density at radius 2 is 1.89 bits per heavy atom. The van der Waals surface area contributed by atoms with Crippen molar-refractivity contribution in [1.82, 2.24) is 4.90 Å². The number of amides is 2. The maximum absolute atomic E-state index is 12.7. The fourth-order valence-electron chi connectivity index (χ4n) is 2.81. The topological polar surface area (TPSA) is 55.8 Å². The molecule has 146 valence electrons. The van der Waals surface area contributed by atoms with Gasteiger partial charge in [0.1, 0.15) is 0 Å². The van der Waals surface area contributed by atoms with Gasteiger partial charge in [-0.3, -0.25) is 14.5 Å². The number of carbonyl (C=O) groups excluding carboxylic acids is 2. The number of thioether (sulfide) groups is 1. The van der Waals surface area contributed by atoms with E-state index >= 15 is 0 Å². The van der Waals surface area contributed by atoms with E-state index in [0.717, 1.165) is 27.4 Å². The minimum Gasteiger partial charge on any atom is -0.493 e. The van der Waals surface area contributed by atoms with Crippen LogP contribution in [-0.2, 0) is 11.2 Å². The molecular weight excluding hydrogens is 442 g/mol. The van der Waals surface area contributed by atoms with Gasteiger partial charge in [-0.05, 0) is 54.4 Å². The lowest BCUT2D eigenvalue weighted by molar-refractivity contribution is -0.122. The highest BCUT2D eigenvalue weighted by molar-refractivity contribution is 9.10. The van der Waals surface area contributed by atoms with E-state index in [1.165, 1.54) is 4.90 Å². The van der Waals surface area contributed by atoms with Gasteiger partial charge in [0.2, 0.25) is 0 Å². The molecule has 0 radical (unpaired) electrons. The average molecular weight is 462 g/mol. The molecule has 1 aliphatic rings. The monoisotopic (exact) mass is 461 g/mol. The lowest BCUT2D eigenvalue weighted by atomic mass is 10.1.